The van der Waals surface area contributed by atoms with Gasteiger partial charge in [0, 0.05) is 11.9 Å². The lowest BCUT2D eigenvalue weighted by Gasteiger charge is -2.43. The average Bonchev–Trinajstić information content (AvgIpc) is 2.75. The largest absolute Gasteiger partial charge is 0.405 e. The van der Waals surface area contributed by atoms with E-state index in [-0.39, 0.29) is 5.04 Å². The van der Waals surface area contributed by atoms with Gasteiger partial charge in [-0.25, -0.2) is 0 Å². The number of hydrogen-bond donors (Lipinski definition) is 0. The summed E-state index contributed by atoms with van der Waals surface area (Å²) in [7, 11) is -2.43. The first kappa shape index (κ1) is 25.3. The van der Waals surface area contributed by atoms with Crippen LogP contribution in [0.2, 0.25) is 5.04 Å². The molecule has 4 heteroatoms. The Morgan fingerprint density at radius 1 is 0.667 bits per heavy atom. The van der Waals surface area contributed by atoms with Crippen molar-refractivity contribution in [1.29, 1.82) is 0 Å². The van der Waals surface area contributed by atoms with Crippen molar-refractivity contribution in [2.75, 3.05) is 25.2 Å². The van der Waals surface area contributed by atoms with Gasteiger partial charge in [0.2, 0.25) is 0 Å². The Hall–Kier alpha value is -0.943. The lowest BCUT2D eigenvalue weighted by atomic mass is 10.1. The van der Waals surface area contributed by atoms with Gasteiger partial charge in [-0.15, -0.1) is 0 Å². The molecular formula is C26H39BrO2Si. The molecule has 2 rings (SSSR count). The smallest absolute Gasteiger partial charge is 0.261 e. The number of alkyl halides is 1. The van der Waals surface area contributed by atoms with Crippen LogP contribution in [0.15, 0.2) is 60.7 Å². The molecule has 0 aromatic heterocycles. The minimum atomic E-state index is -2.43. The zero-order valence-electron chi connectivity index (χ0n) is 19.0. The van der Waals surface area contributed by atoms with Gasteiger partial charge in [0.05, 0.1) is 13.2 Å². The predicted molar refractivity (Wildman–Crippen MR) is 136 cm³/mol. The summed E-state index contributed by atoms with van der Waals surface area (Å²) >= 11 is 3.49. The Morgan fingerprint density at radius 3 is 1.67 bits per heavy atom. The van der Waals surface area contributed by atoms with Gasteiger partial charge in [-0.1, -0.05) is 123 Å². The fourth-order valence-corrected chi connectivity index (χ4v) is 9.06. The van der Waals surface area contributed by atoms with E-state index in [1.165, 1.54) is 42.5 Å². The van der Waals surface area contributed by atoms with Crippen LogP contribution in [0.4, 0.5) is 0 Å². The van der Waals surface area contributed by atoms with Gasteiger partial charge in [-0.2, -0.15) is 0 Å². The maximum atomic E-state index is 6.85. The van der Waals surface area contributed by atoms with Gasteiger partial charge in [0.25, 0.3) is 8.32 Å². The summed E-state index contributed by atoms with van der Waals surface area (Å²) in [5.41, 5.74) is 0. The minimum Gasteiger partial charge on any atom is -0.405 e. The van der Waals surface area contributed by atoms with Crippen molar-refractivity contribution < 1.29 is 9.16 Å². The SMILES string of the molecule is CC(C)(C)[Si](OCCOCCCCCCCCBr)(c1ccccc1)c1ccccc1. The van der Waals surface area contributed by atoms with Crippen molar-refractivity contribution in [2.45, 2.75) is 64.3 Å². The molecule has 2 aromatic rings. The van der Waals surface area contributed by atoms with Crippen LogP contribution in [-0.2, 0) is 9.16 Å². The molecule has 0 saturated carbocycles. The summed E-state index contributed by atoms with van der Waals surface area (Å²) in [5.74, 6) is 0. The molecule has 0 aliphatic heterocycles. The maximum absolute atomic E-state index is 6.85. The third-order valence-electron chi connectivity index (χ3n) is 5.64. The van der Waals surface area contributed by atoms with Gasteiger partial charge in [0.15, 0.2) is 0 Å². The second kappa shape index (κ2) is 13.5. The van der Waals surface area contributed by atoms with Gasteiger partial charge in [-0.05, 0) is 28.3 Å². The highest BCUT2D eigenvalue weighted by atomic mass is 79.9. The molecule has 0 N–H and O–H groups in total. The number of benzene rings is 2. The molecule has 0 unspecified atom stereocenters. The highest BCUT2D eigenvalue weighted by Gasteiger charge is 2.49. The van der Waals surface area contributed by atoms with Crippen LogP contribution >= 0.6 is 15.9 Å². The fourth-order valence-electron chi connectivity index (χ4n) is 4.12. The second-order valence-electron chi connectivity index (χ2n) is 8.93. The molecular weight excluding hydrogens is 452 g/mol. The van der Waals surface area contributed by atoms with Crippen molar-refractivity contribution in [3.05, 3.63) is 60.7 Å². The molecule has 166 valence electrons. The van der Waals surface area contributed by atoms with Crippen LogP contribution in [-0.4, -0.2) is 33.5 Å². The molecule has 0 aliphatic rings. The lowest BCUT2D eigenvalue weighted by Crippen LogP contribution is -2.66. The van der Waals surface area contributed by atoms with Crippen LogP contribution < -0.4 is 10.4 Å². The summed E-state index contributed by atoms with van der Waals surface area (Å²) in [5, 5.41) is 3.80. The van der Waals surface area contributed by atoms with Gasteiger partial charge in [-0.3, -0.25) is 0 Å². The zero-order valence-corrected chi connectivity index (χ0v) is 21.6. The normalized spacial score (nSPS) is 12.3. The molecule has 0 radical (unpaired) electrons. The van der Waals surface area contributed by atoms with Crippen LogP contribution in [0.3, 0.4) is 0 Å². The monoisotopic (exact) mass is 490 g/mol. The van der Waals surface area contributed by atoms with E-state index in [1.54, 1.807) is 0 Å². The molecule has 2 aromatic carbocycles. The Balaban J connectivity index is 1.94. The molecule has 0 heterocycles. The highest BCUT2D eigenvalue weighted by molar-refractivity contribution is 9.09. The molecule has 30 heavy (non-hydrogen) atoms. The number of hydrogen-bond acceptors (Lipinski definition) is 2. The maximum Gasteiger partial charge on any atom is 0.261 e. The molecule has 0 aliphatic carbocycles. The molecule has 0 spiro atoms. The van der Waals surface area contributed by atoms with E-state index in [9.17, 15) is 0 Å². The van der Waals surface area contributed by atoms with Crippen LogP contribution in [0, 0.1) is 0 Å². The second-order valence-corrected chi connectivity index (χ2v) is 14.0. The molecule has 0 bridgehead atoms. The third-order valence-corrected chi connectivity index (χ3v) is 11.2. The summed E-state index contributed by atoms with van der Waals surface area (Å²) < 4.78 is 12.8. The quantitative estimate of drug-likeness (QED) is 0.175. The first-order chi connectivity index (χ1) is 14.5. The fraction of sp³-hybridized carbons (Fsp3) is 0.538. The van der Waals surface area contributed by atoms with Gasteiger partial charge in [0.1, 0.15) is 0 Å². The number of ether oxygens (including phenoxy) is 1. The van der Waals surface area contributed by atoms with Crippen molar-refractivity contribution in [2.24, 2.45) is 0 Å². The number of unbranched alkanes of at least 4 members (excludes halogenated alkanes) is 5. The Morgan fingerprint density at radius 2 is 1.17 bits per heavy atom. The van der Waals surface area contributed by atoms with Crippen LogP contribution in [0.1, 0.15) is 59.3 Å². The summed E-state index contributed by atoms with van der Waals surface area (Å²) in [6.45, 7) is 9.08. The van der Waals surface area contributed by atoms with E-state index < -0.39 is 8.32 Å². The van der Waals surface area contributed by atoms with Crippen molar-refractivity contribution >= 4 is 34.6 Å². The molecule has 0 saturated heterocycles. The summed E-state index contributed by atoms with van der Waals surface area (Å²) in [6, 6.07) is 21.6. The van der Waals surface area contributed by atoms with E-state index in [0.717, 1.165) is 18.4 Å². The minimum absolute atomic E-state index is 0.0187. The third kappa shape index (κ3) is 7.33. The standard InChI is InChI=1S/C26H39BrO2Si/c1-26(2,3)30(24-16-10-8-11-17-24,25-18-12-9-13-19-25)29-23-22-28-21-15-7-5-4-6-14-20-27/h8-13,16-19H,4-7,14-15,20-23H2,1-3H3. The van der Waals surface area contributed by atoms with Crippen molar-refractivity contribution in [3.63, 3.8) is 0 Å². The van der Waals surface area contributed by atoms with Gasteiger partial charge < -0.3 is 9.16 Å². The van der Waals surface area contributed by atoms with Crippen LogP contribution in [0.5, 0.6) is 0 Å². The first-order valence-electron chi connectivity index (χ1n) is 11.4. The van der Waals surface area contributed by atoms with Crippen molar-refractivity contribution in [1.82, 2.24) is 0 Å². The van der Waals surface area contributed by atoms with E-state index in [0.29, 0.717) is 13.2 Å². The Kier molecular flexibility index (Phi) is 11.4. The first-order valence-corrected chi connectivity index (χ1v) is 14.4. The Labute approximate surface area is 193 Å². The molecule has 2 nitrogen and oxygen atoms in total. The average molecular weight is 492 g/mol. The lowest BCUT2D eigenvalue weighted by molar-refractivity contribution is 0.0940. The van der Waals surface area contributed by atoms with E-state index >= 15 is 0 Å². The van der Waals surface area contributed by atoms with Crippen molar-refractivity contribution in [3.8, 4) is 0 Å². The Bertz CT molecular complexity index is 646. The number of rotatable bonds is 14. The summed E-state index contributed by atoms with van der Waals surface area (Å²) in [4.78, 5) is 0. The zero-order chi connectivity index (χ0) is 21.7. The van der Waals surface area contributed by atoms with E-state index in [1.807, 2.05) is 0 Å². The highest BCUT2D eigenvalue weighted by Crippen LogP contribution is 2.36. The number of halogens is 1. The topological polar surface area (TPSA) is 18.5 Å². The predicted octanol–water partition coefficient (Wildman–Crippen LogP) is 6.32. The summed E-state index contributed by atoms with van der Waals surface area (Å²) in [6.07, 6.45) is 7.68. The molecule has 0 fully saturated rings. The van der Waals surface area contributed by atoms with Gasteiger partial charge >= 0.3 is 0 Å². The van der Waals surface area contributed by atoms with Crippen LogP contribution in [0.25, 0.3) is 0 Å². The molecule has 0 atom stereocenters. The van der Waals surface area contributed by atoms with E-state index in [4.69, 9.17) is 9.16 Å². The molecule has 0 amide bonds. The van der Waals surface area contributed by atoms with E-state index in [2.05, 4.69) is 97.4 Å².